The molecule has 0 spiro atoms. The number of fused-ring (bicyclic) bond motifs is 1. The van der Waals surface area contributed by atoms with Crippen molar-refractivity contribution >= 4 is 20.9 Å². The van der Waals surface area contributed by atoms with Crippen molar-refractivity contribution in [3.63, 3.8) is 0 Å². The molecule has 0 fully saturated rings. The number of phenols is 2. The standard InChI is InChI=1S/C21H18N2O5S/c1-29(27,28)15-7-8-17-16(11-15)22-21(26)23(17)18-10-14(19(24)12-20(18)25)9-13-5-3-2-4-6-13/h2-8,10-12,24-25H,9H2,1H3,(H,22,26). The molecule has 4 rings (SSSR count). The molecule has 0 atom stereocenters. The first kappa shape index (κ1) is 18.8. The molecule has 0 amide bonds. The predicted octanol–water partition coefficient (Wildman–Crippen LogP) is 2.72. The number of nitrogens with zero attached hydrogens (tertiary/aromatic N) is 1. The average Bonchev–Trinajstić information content (AvgIpc) is 2.99. The third-order valence-electron chi connectivity index (χ3n) is 4.74. The fourth-order valence-electron chi connectivity index (χ4n) is 3.31. The fourth-order valence-corrected chi connectivity index (χ4v) is 3.95. The Bertz CT molecular complexity index is 1390. The molecule has 8 heteroatoms. The lowest BCUT2D eigenvalue weighted by Crippen LogP contribution is -2.15. The van der Waals surface area contributed by atoms with Crippen molar-refractivity contribution in [2.45, 2.75) is 11.3 Å². The quantitative estimate of drug-likeness (QED) is 0.479. The second kappa shape index (κ2) is 6.82. The van der Waals surface area contributed by atoms with Crippen LogP contribution in [0.5, 0.6) is 11.5 Å². The van der Waals surface area contributed by atoms with Gasteiger partial charge in [0.15, 0.2) is 9.84 Å². The van der Waals surface area contributed by atoms with Crippen molar-refractivity contribution in [2.24, 2.45) is 0 Å². The maximum atomic E-state index is 12.6. The van der Waals surface area contributed by atoms with Gasteiger partial charge in [0.25, 0.3) is 0 Å². The molecule has 1 aromatic heterocycles. The van der Waals surface area contributed by atoms with E-state index in [0.29, 0.717) is 23.0 Å². The van der Waals surface area contributed by atoms with Gasteiger partial charge in [0.05, 0.1) is 21.6 Å². The Morgan fingerprint density at radius 3 is 2.38 bits per heavy atom. The van der Waals surface area contributed by atoms with Gasteiger partial charge in [-0.05, 0) is 29.8 Å². The third-order valence-corrected chi connectivity index (χ3v) is 5.85. The maximum absolute atomic E-state index is 12.6. The molecule has 0 aliphatic heterocycles. The topological polar surface area (TPSA) is 112 Å². The van der Waals surface area contributed by atoms with Crippen molar-refractivity contribution in [1.29, 1.82) is 0 Å². The van der Waals surface area contributed by atoms with Gasteiger partial charge in [-0.3, -0.25) is 4.57 Å². The second-order valence-corrected chi connectivity index (χ2v) is 8.86. The van der Waals surface area contributed by atoms with Crippen LogP contribution >= 0.6 is 0 Å². The lowest BCUT2D eigenvalue weighted by molar-refractivity contribution is 0.445. The van der Waals surface area contributed by atoms with E-state index in [1.807, 2.05) is 30.3 Å². The monoisotopic (exact) mass is 410 g/mol. The molecule has 0 bridgehead atoms. The van der Waals surface area contributed by atoms with Crippen molar-refractivity contribution in [1.82, 2.24) is 9.55 Å². The van der Waals surface area contributed by atoms with Crippen LogP contribution in [0, 0.1) is 0 Å². The summed E-state index contributed by atoms with van der Waals surface area (Å²) in [5.41, 5.74) is 1.90. The summed E-state index contributed by atoms with van der Waals surface area (Å²) in [6.45, 7) is 0. The third kappa shape index (κ3) is 3.50. The largest absolute Gasteiger partial charge is 0.508 e. The number of phenolic OH excluding ortho intramolecular Hbond substituents is 2. The Balaban J connectivity index is 1.88. The number of imidazole rings is 1. The summed E-state index contributed by atoms with van der Waals surface area (Å²) in [4.78, 5) is 15.3. The summed E-state index contributed by atoms with van der Waals surface area (Å²) in [5, 5.41) is 20.7. The minimum Gasteiger partial charge on any atom is -0.508 e. The molecule has 7 nitrogen and oxygen atoms in total. The smallest absolute Gasteiger partial charge is 0.331 e. The maximum Gasteiger partial charge on any atom is 0.331 e. The summed E-state index contributed by atoms with van der Waals surface area (Å²) in [7, 11) is -3.43. The average molecular weight is 410 g/mol. The molecule has 29 heavy (non-hydrogen) atoms. The second-order valence-electron chi connectivity index (χ2n) is 6.85. The SMILES string of the molecule is CS(=O)(=O)c1ccc2c(c1)[nH]c(=O)n2-c1cc(Cc2ccccc2)c(O)cc1O. The summed E-state index contributed by atoms with van der Waals surface area (Å²) in [5.74, 6) is -0.350. The van der Waals surface area contributed by atoms with Crippen LogP contribution in [0.1, 0.15) is 11.1 Å². The molecule has 0 unspecified atom stereocenters. The zero-order chi connectivity index (χ0) is 20.8. The van der Waals surface area contributed by atoms with E-state index < -0.39 is 15.5 Å². The number of aromatic nitrogens is 2. The Morgan fingerprint density at radius 1 is 0.966 bits per heavy atom. The van der Waals surface area contributed by atoms with E-state index in [1.165, 1.54) is 28.8 Å². The van der Waals surface area contributed by atoms with Crippen LogP contribution in [0.3, 0.4) is 0 Å². The first-order valence-electron chi connectivity index (χ1n) is 8.78. The van der Waals surface area contributed by atoms with Gasteiger partial charge in [-0.15, -0.1) is 0 Å². The molecule has 0 radical (unpaired) electrons. The minimum atomic E-state index is -3.43. The van der Waals surface area contributed by atoms with Gasteiger partial charge < -0.3 is 15.2 Å². The zero-order valence-electron chi connectivity index (χ0n) is 15.5. The number of nitrogens with one attached hydrogen (secondary N) is 1. The van der Waals surface area contributed by atoms with Crippen LogP contribution in [0.4, 0.5) is 0 Å². The number of benzene rings is 3. The number of hydrogen-bond acceptors (Lipinski definition) is 5. The molecule has 3 aromatic carbocycles. The van der Waals surface area contributed by atoms with Crippen LogP contribution in [-0.4, -0.2) is 34.4 Å². The van der Waals surface area contributed by atoms with Gasteiger partial charge in [0.2, 0.25) is 0 Å². The molecule has 148 valence electrons. The first-order valence-corrected chi connectivity index (χ1v) is 10.7. The lowest BCUT2D eigenvalue weighted by Gasteiger charge is -2.11. The van der Waals surface area contributed by atoms with Crippen LogP contribution in [-0.2, 0) is 16.3 Å². The zero-order valence-corrected chi connectivity index (χ0v) is 16.3. The van der Waals surface area contributed by atoms with Gasteiger partial charge >= 0.3 is 5.69 Å². The summed E-state index contributed by atoms with van der Waals surface area (Å²) < 4.78 is 24.8. The van der Waals surface area contributed by atoms with Gasteiger partial charge in [-0.25, -0.2) is 13.2 Å². The fraction of sp³-hybridized carbons (Fsp3) is 0.0952. The molecular formula is C21H18N2O5S. The molecule has 0 aliphatic carbocycles. The Morgan fingerprint density at radius 2 is 1.69 bits per heavy atom. The first-order chi connectivity index (χ1) is 13.7. The van der Waals surface area contributed by atoms with Gasteiger partial charge in [-0.1, -0.05) is 30.3 Å². The van der Waals surface area contributed by atoms with Crippen LogP contribution in [0.25, 0.3) is 16.7 Å². The number of H-pyrrole nitrogens is 1. The van der Waals surface area contributed by atoms with Crippen LogP contribution in [0.15, 0.2) is 70.4 Å². The van der Waals surface area contributed by atoms with E-state index in [1.54, 1.807) is 6.07 Å². The van der Waals surface area contributed by atoms with E-state index in [-0.39, 0.29) is 22.1 Å². The Labute approximate surface area is 166 Å². The summed E-state index contributed by atoms with van der Waals surface area (Å²) >= 11 is 0. The molecule has 1 heterocycles. The number of sulfone groups is 1. The van der Waals surface area contributed by atoms with Gasteiger partial charge in [0.1, 0.15) is 11.5 Å². The van der Waals surface area contributed by atoms with Gasteiger partial charge in [-0.2, -0.15) is 0 Å². The number of aromatic amines is 1. The van der Waals surface area contributed by atoms with Crippen LogP contribution in [0.2, 0.25) is 0 Å². The van der Waals surface area contributed by atoms with Crippen molar-refractivity contribution in [2.75, 3.05) is 6.26 Å². The molecule has 0 saturated heterocycles. The van der Waals surface area contributed by atoms with E-state index in [4.69, 9.17) is 0 Å². The molecular weight excluding hydrogens is 392 g/mol. The number of hydrogen-bond donors (Lipinski definition) is 3. The normalized spacial score (nSPS) is 11.8. The minimum absolute atomic E-state index is 0.0812. The highest BCUT2D eigenvalue weighted by Gasteiger charge is 2.17. The van der Waals surface area contributed by atoms with Gasteiger partial charge in [0, 0.05) is 24.3 Å². The van der Waals surface area contributed by atoms with Crippen molar-refractivity contribution in [3.8, 4) is 17.2 Å². The lowest BCUT2D eigenvalue weighted by atomic mass is 10.0. The molecule has 0 saturated carbocycles. The Hall–Kier alpha value is -3.52. The van der Waals surface area contributed by atoms with E-state index in [2.05, 4.69) is 4.98 Å². The number of rotatable bonds is 4. The highest BCUT2D eigenvalue weighted by atomic mass is 32.2. The van der Waals surface area contributed by atoms with E-state index in [9.17, 15) is 23.4 Å². The van der Waals surface area contributed by atoms with Crippen molar-refractivity contribution < 1.29 is 18.6 Å². The summed E-state index contributed by atoms with van der Waals surface area (Å²) in [6, 6.07) is 16.5. The molecule has 3 N–H and O–H groups in total. The Kier molecular flexibility index (Phi) is 4.43. The molecule has 4 aromatic rings. The van der Waals surface area contributed by atoms with E-state index in [0.717, 1.165) is 11.8 Å². The van der Waals surface area contributed by atoms with Crippen molar-refractivity contribution in [3.05, 3.63) is 82.3 Å². The number of aromatic hydroxyl groups is 2. The predicted molar refractivity (Wildman–Crippen MR) is 110 cm³/mol. The van der Waals surface area contributed by atoms with E-state index >= 15 is 0 Å². The highest BCUT2D eigenvalue weighted by Crippen LogP contribution is 2.32. The summed E-state index contributed by atoms with van der Waals surface area (Å²) in [6.07, 6.45) is 1.50. The highest BCUT2D eigenvalue weighted by molar-refractivity contribution is 7.90. The van der Waals surface area contributed by atoms with Crippen LogP contribution < -0.4 is 5.69 Å². The molecule has 0 aliphatic rings.